The molecule has 0 atom stereocenters. The molecule has 1 N–H and O–H groups in total. The van der Waals surface area contributed by atoms with Crippen molar-refractivity contribution in [3.05, 3.63) is 66.7 Å². The van der Waals surface area contributed by atoms with Crippen molar-refractivity contribution in [3.63, 3.8) is 0 Å². The second-order valence-corrected chi connectivity index (χ2v) is 8.20. The van der Waals surface area contributed by atoms with Crippen molar-refractivity contribution in [2.24, 2.45) is 0 Å². The van der Waals surface area contributed by atoms with Crippen LogP contribution in [0.5, 0.6) is 0 Å². The Bertz CT molecular complexity index is 1020. The molecule has 0 spiro atoms. The standard InChI is InChI=1S/C27H34N4O2/c1-3-5-9-18-27(33)30(19-6-4-2)21-26(32)28-25-20-24(22-14-10-7-11-15-22)29-31(25)23-16-12-8-13-17-23/h7-8,10-17,20H,3-6,9,18-19,21H2,1-2H3,(H,28,32). The summed E-state index contributed by atoms with van der Waals surface area (Å²) in [4.78, 5) is 27.4. The number of para-hydroxylation sites is 1. The van der Waals surface area contributed by atoms with Crippen LogP contribution in [0.25, 0.3) is 16.9 Å². The van der Waals surface area contributed by atoms with Gasteiger partial charge >= 0.3 is 0 Å². The monoisotopic (exact) mass is 446 g/mol. The number of amides is 2. The Morgan fingerprint density at radius 2 is 1.58 bits per heavy atom. The summed E-state index contributed by atoms with van der Waals surface area (Å²) in [5.41, 5.74) is 2.60. The molecular formula is C27H34N4O2. The molecule has 0 aliphatic heterocycles. The average Bonchev–Trinajstić information content (AvgIpc) is 3.26. The van der Waals surface area contributed by atoms with Gasteiger partial charge in [0.2, 0.25) is 11.8 Å². The maximum absolute atomic E-state index is 13.0. The number of aromatic nitrogens is 2. The predicted molar refractivity (Wildman–Crippen MR) is 133 cm³/mol. The molecule has 0 bridgehead atoms. The minimum atomic E-state index is -0.216. The molecule has 0 aliphatic carbocycles. The van der Waals surface area contributed by atoms with E-state index >= 15 is 0 Å². The fourth-order valence-electron chi connectivity index (χ4n) is 3.67. The van der Waals surface area contributed by atoms with Gasteiger partial charge in [0.05, 0.1) is 17.9 Å². The predicted octanol–water partition coefficient (Wildman–Crippen LogP) is 5.69. The summed E-state index contributed by atoms with van der Waals surface area (Å²) in [6.07, 6.45) is 5.30. The number of anilines is 1. The van der Waals surface area contributed by atoms with Gasteiger partial charge < -0.3 is 10.2 Å². The molecule has 6 heteroatoms. The molecule has 3 rings (SSSR count). The lowest BCUT2D eigenvalue weighted by Crippen LogP contribution is -2.38. The van der Waals surface area contributed by atoms with Crippen LogP contribution in [-0.4, -0.2) is 39.6 Å². The molecular weight excluding hydrogens is 412 g/mol. The van der Waals surface area contributed by atoms with Crippen LogP contribution < -0.4 is 5.32 Å². The summed E-state index contributed by atoms with van der Waals surface area (Å²) in [7, 11) is 0. The van der Waals surface area contributed by atoms with Crippen molar-refractivity contribution < 1.29 is 9.59 Å². The summed E-state index contributed by atoms with van der Waals surface area (Å²) in [5, 5.41) is 7.73. The summed E-state index contributed by atoms with van der Waals surface area (Å²) in [6.45, 7) is 4.85. The maximum atomic E-state index is 13.0. The molecule has 0 radical (unpaired) electrons. The molecule has 2 amide bonds. The first kappa shape index (κ1) is 24.2. The van der Waals surface area contributed by atoms with Gasteiger partial charge in [0.15, 0.2) is 0 Å². The molecule has 2 aromatic carbocycles. The first-order chi connectivity index (χ1) is 16.1. The van der Waals surface area contributed by atoms with Gasteiger partial charge in [0, 0.05) is 24.6 Å². The zero-order chi connectivity index (χ0) is 23.5. The van der Waals surface area contributed by atoms with E-state index in [-0.39, 0.29) is 18.4 Å². The van der Waals surface area contributed by atoms with E-state index in [2.05, 4.69) is 19.2 Å². The third-order valence-electron chi connectivity index (χ3n) is 5.51. The zero-order valence-corrected chi connectivity index (χ0v) is 19.7. The third-order valence-corrected chi connectivity index (χ3v) is 5.51. The highest BCUT2D eigenvalue weighted by Gasteiger charge is 2.19. The minimum absolute atomic E-state index is 0.0472. The molecule has 174 valence electrons. The van der Waals surface area contributed by atoms with E-state index in [4.69, 9.17) is 5.10 Å². The first-order valence-corrected chi connectivity index (χ1v) is 11.9. The second kappa shape index (κ2) is 12.6. The molecule has 1 heterocycles. The van der Waals surface area contributed by atoms with Gasteiger partial charge in [-0.1, -0.05) is 81.6 Å². The van der Waals surface area contributed by atoms with Crippen LogP contribution in [0.1, 0.15) is 52.4 Å². The van der Waals surface area contributed by atoms with E-state index in [0.29, 0.717) is 18.8 Å². The van der Waals surface area contributed by atoms with E-state index in [9.17, 15) is 9.59 Å². The van der Waals surface area contributed by atoms with Crippen LogP contribution in [0.4, 0.5) is 5.82 Å². The van der Waals surface area contributed by atoms with Gasteiger partial charge in [-0.2, -0.15) is 5.10 Å². The normalized spacial score (nSPS) is 10.7. The molecule has 0 unspecified atom stereocenters. The van der Waals surface area contributed by atoms with E-state index in [1.807, 2.05) is 66.7 Å². The lowest BCUT2D eigenvalue weighted by atomic mass is 10.1. The van der Waals surface area contributed by atoms with Gasteiger partial charge in [-0.3, -0.25) is 9.59 Å². The minimum Gasteiger partial charge on any atom is -0.333 e. The van der Waals surface area contributed by atoms with Gasteiger partial charge in [0.1, 0.15) is 5.82 Å². The van der Waals surface area contributed by atoms with Gasteiger partial charge in [0.25, 0.3) is 0 Å². The van der Waals surface area contributed by atoms with Crippen molar-refractivity contribution >= 4 is 17.6 Å². The zero-order valence-electron chi connectivity index (χ0n) is 19.7. The fourth-order valence-corrected chi connectivity index (χ4v) is 3.67. The molecule has 33 heavy (non-hydrogen) atoms. The molecule has 0 saturated heterocycles. The van der Waals surface area contributed by atoms with Crippen LogP contribution >= 0.6 is 0 Å². The van der Waals surface area contributed by atoms with Crippen molar-refractivity contribution in [1.29, 1.82) is 0 Å². The highest BCUT2D eigenvalue weighted by molar-refractivity contribution is 5.94. The third kappa shape index (κ3) is 7.04. The SMILES string of the molecule is CCCCCC(=O)N(CCCC)CC(=O)Nc1cc(-c2ccccc2)nn1-c1ccccc1. The van der Waals surface area contributed by atoms with Gasteiger partial charge in [-0.15, -0.1) is 0 Å². The summed E-state index contributed by atoms with van der Waals surface area (Å²) < 4.78 is 1.74. The van der Waals surface area contributed by atoms with Crippen molar-refractivity contribution in [1.82, 2.24) is 14.7 Å². The summed E-state index contributed by atoms with van der Waals surface area (Å²) in [5.74, 6) is 0.416. The topological polar surface area (TPSA) is 67.2 Å². The molecule has 1 aromatic heterocycles. The van der Waals surface area contributed by atoms with E-state index < -0.39 is 0 Å². The van der Waals surface area contributed by atoms with E-state index in [1.54, 1.807) is 9.58 Å². The molecule has 0 aliphatic rings. The molecule has 3 aromatic rings. The Balaban J connectivity index is 1.79. The van der Waals surface area contributed by atoms with E-state index in [1.165, 1.54) is 0 Å². The Labute approximate surface area is 196 Å². The number of carbonyl (C=O) groups is 2. The summed E-state index contributed by atoms with van der Waals surface area (Å²) in [6, 6.07) is 21.5. The van der Waals surface area contributed by atoms with Crippen molar-refractivity contribution in [2.75, 3.05) is 18.4 Å². The van der Waals surface area contributed by atoms with Crippen LogP contribution in [0, 0.1) is 0 Å². The number of unbranched alkanes of at least 4 members (excludes halogenated alkanes) is 3. The smallest absolute Gasteiger partial charge is 0.245 e. The van der Waals surface area contributed by atoms with Crippen LogP contribution in [0.3, 0.4) is 0 Å². The fraction of sp³-hybridized carbons (Fsp3) is 0.370. The van der Waals surface area contributed by atoms with Crippen molar-refractivity contribution in [2.45, 2.75) is 52.4 Å². The number of carbonyl (C=O) groups excluding carboxylic acids is 2. The van der Waals surface area contributed by atoms with Gasteiger partial charge in [-0.05, 0) is 25.0 Å². The highest BCUT2D eigenvalue weighted by atomic mass is 16.2. The number of nitrogens with zero attached hydrogens (tertiary/aromatic N) is 3. The van der Waals surface area contributed by atoms with Crippen LogP contribution in [0.2, 0.25) is 0 Å². The lowest BCUT2D eigenvalue weighted by molar-refractivity contribution is -0.134. The quantitative estimate of drug-likeness (QED) is 0.364. The Morgan fingerprint density at radius 3 is 2.24 bits per heavy atom. The number of hydrogen-bond acceptors (Lipinski definition) is 3. The van der Waals surface area contributed by atoms with E-state index in [0.717, 1.165) is 49.0 Å². The number of hydrogen-bond donors (Lipinski definition) is 1. The number of rotatable bonds is 12. The Hall–Kier alpha value is -3.41. The Kier molecular flexibility index (Phi) is 9.24. The number of nitrogens with one attached hydrogen (secondary N) is 1. The van der Waals surface area contributed by atoms with Gasteiger partial charge in [-0.25, -0.2) is 4.68 Å². The second-order valence-electron chi connectivity index (χ2n) is 8.20. The number of benzene rings is 2. The lowest BCUT2D eigenvalue weighted by Gasteiger charge is -2.22. The maximum Gasteiger partial charge on any atom is 0.245 e. The highest BCUT2D eigenvalue weighted by Crippen LogP contribution is 2.24. The first-order valence-electron chi connectivity index (χ1n) is 11.9. The van der Waals surface area contributed by atoms with Crippen LogP contribution in [-0.2, 0) is 9.59 Å². The molecule has 6 nitrogen and oxygen atoms in total. The van der Waals surface area contributed by atoms with Crippen LogP contribution in [0.15, 0.2) is 66.7 Å². The average molecular weight is 447 g/mol. The largest absolute Gasteiger partial charge is 0.333 e. The summed E-state index contributed by atoms with van der Waals surface area (Å²) >= 11 is 0. The molecule has 0 saturated carbocycles. The molecule has 0 fully saturated rings. The van der Waals surface area contributed by atoms with Crippen molar-refractivity contribution in [3.8, 4) is 16.9 Å². The Morgan fingerprint density at radius 1 is 0.909 bits per heavy atom.